The summed E-state index contributed by atoms with van der Waals surface area (Å²) in [6.45, 7) is 7.79. The monoisotopic (exact) mass is 383 g/mol. The van der Waals surface area contributed by atoms with Crippen LogP contribution >= 0.6 is 0 Å². The van der Waals surface area contributed by atoms with Crippen LogP contribution in [0.15, 0.2) is 24.3 Å². The highest BCUT2D eigenvalue weighted by Gasteiger charge is 2.42. The van der Waals surface area contributed by atoms with Gasteiger partial charge in [-0.15, -0.1) is 0 Å². The number of nitrogens with zero attached hydrogens (tertiary/aromatic N) is 3. The molecule has 2 fully saturated rings. The van der Waals surface area contributed by atoms with Gasteiger partial charge in [0.1, 0.15) is 5.75 Å². The van der Waals surface area contributed by atoms with Crippen LogP contribution in [0.5, 0.6) is 5.75 Å². The molecule has 3 rings (SSSR count). The zero-order valence-corrected chi connectivity index (χ0v) is 16.9. The molecule has 6 heteroatoms. The lowest BCUT2D eigenvalue weighted by atomic mass is 9.74. The van der Waals surface area contributed by atoms with E-state index in [-0.39, 0.29) is 35.7 Å². The second kappa shape index (κ2) is 8.64. The van der Waals surface area contributed by atoms with Gasteiger partial charge in [0.2, 0.25) is 5.91 Å². The zero-order valence-electron chi connectivity index (χ0n) is 16.9. The van der Waals surface area contributed by atoms with Crippen molar-refractivity contribution in [3.05, 3.63) is 29.8 Å². The molecule has 2 atom stereocenters. The first-order valence-electron chi connectivity index (χ1n) is 10.2. The van der Waals surface area contributed by atoms with Gasteiger partial charge in [0, 0.05) is 42.6 Å². The number of hydrogen-bond donors (Lipinski definition) is 0. The lowest BCUT2D eigenvalue weighted by molar-refractivity contribution is -0.144. The molecule has 0 radical (unpaired) electrons. The van der Waals surface area contributed by atoms with Crippen LogP contribution in [-0.2, 0) is 4.79 Å². The summed E-state index contributed by atoms with van der Waals surface area (Å²) in [4.78, 5) is 29.5. The summed E-state index contributed by atoms with van der Waals surface area (Å²) in [6, 6.07) is 9.40. The number of hydrogen-bond acceptors (Lipinski definition) is 4. The molecular weight excluding hydrogens is 354 g/mol. The summed E-state index contributed by atoms with van der Waals surface area (Å²) < 4.78 is 5.58. The number of rotatable bonds is 5. The van der Waals surface area contributed by atoms with E-state index in [1.54, 1.807) is 12.1 Å². The van der Waals surface area contributed by atoms with Gasteiger partial charge in [-0.1, -0.05) is 6.92 Å². The second-order valence-electron chi connectivity index (χ2n) is 7.88. The van der Waals surface area contributed by atoms with E-state index in [0.717, 1.165) is 12.2 Å². The Morgan fingerprint density at radius 2 is 1.71 bits per heavy atom. The van der Waals surface area contributed by atoms with Gasteiger partial charge >= 0.3 is 0 Å². The molecule has 2 amide bonds. The smallest absolute Gasteiger partial charge is 0.254 e. The minimum absolute atomic E-state index is 0.0123. The van der Waals surface area contributed by atoms with Crippen LogP contribution < -0.4 is 4.74 Å². The highest BCUT2D eigenvalue weighted by molar-refractivity contribution is 5.95. The summed E-state index contributed by atoms with van der Waals surface area (Å²) in [7, 11) is 0. The molecule has 1 heterocycles. The average Bonchev–Trinajstić information content (AvgIpc) is 2.67. The Labute approximate surface area is 167 Å². The molecule has 2 aliphatic rings. The maximum Gasteiger partial charge on any atom is 0.254 e. The SMILES string of the molecule is CCCOc1ccc(C(=O)N2CCN(C(=O)C3CC(C#N)C3)C(C)C2C)cc1. The predicted octanol–water partition coefficient (Wildman–Crippen LogP) is 3.09. The number of carbonyl (C=O) groups excluding carboxylic acids is 2. The van der Waals surface area contributed by atoms with Gasteiger partial charge in [0.05, 0.1) is 12.7 Å². The fraction of sp³-hybridized carbons (Fsp3) is 0.591. The number of ether oxygens (including phenoxy) is 1. The van der Waals surface area contributed by atoms with Crippen molar-refractivity contribution in [2.45, 2.75) is 52.1 Å². The van der Waals surface area contributed by atoms with Gasteiger partial charge in [-0.3, -0.25) is 9.59 Å². The molecule has 1 aliphatic carbocycles. The van der Waals surface area contributed by atoms with Gasteiger partial charge in [0.25, 0.3) is 5.91 Å². The second-order valence-corrected chi connectivity index (χ2v) is 7.88. The van der Waals surface area contributed by atoms with Crippen LogP contribution in [-0.4, -0.2) is 53.4 Å². The third-order valence-electron chi connectivity index (χ3n) is 6.05. The predicted molar refractivity (Wildman–Crippen MR) is 106 cm³/mol. The van der Waals surface area contributed by atoms with Crippen LogP contribution in [0.3, 0.4) is 0 Å². The van der Waals surface area contributed by atoms with E-state index in [0.29, 0.717) is 38.1 Å². The fourth-order valence-electron chi connectivity index (χ4n) is 3.98. The normalized spacial score (nSPS) is 26.9. The van der Waals surface area contributed by atoms with Gasteiger partial charge in [-0.25, -0.2) is 0 Å². The van der Waals surface area contributed by atoms with E-state index >= 15 is 0 Å². The first-order chi connectivity index (χ1) is 13.5. The lowest BCUT2D eigenvalue weighted by Gasteiger charge is -2.47. The number of nitriles is 1. The number of piperazine rings is 1. The maximum atomic E-state index is 13.0. The third kappa shape index (κ3) is 3.99. The van der Waals surface area contributed by atoms with Crippen molar-refractivity contribution >= 4 is 11.8 Å². The van der Waals surface area contributed by atoms with Crippen molar-refractivity contribution in [3.8, 4) is 11.8 Å². The molecule has 1 aliphatic heterocycles. The van der Waals surface area contributed by atoms with Crippen LogP contribution in [0, 0.1) is 23.2 Å². The molecule has 0 spiro atoms. The summed E-state index contributed by atoms with van der Waals surface area (Å²) >= 11 is 0. The molecule has 1 aromatic carbocycles. The van der Waals surface area contributed by atoms with E-state index < -0.39 is 0 Å². The Hall–Kier alpha value is -2.55. The first kappa shape index (κ1) is 20.2. The van der Waals surface area contributed by atoms with Crippen molar-refractivity contribution in [3.63, 3.8) is 0 Å². The molecule has 1 aromatic rings. The summed E-state index contributed by atoms with van der Waals surface area (Å²) in [5, 5.41) is 8.93. The Morgan fingerprint density at radius 1 is 1.11 bits per heavy atom. The maximum absolute atomic E-state index is 13.0. The van der Waals surface area contributed by atoms with Crippen LogP contribution in [0.2, 0.25) is 0 Å². The molecular formula is C22H29N3O3. The van der Waals surface area contributed by atoms with E-state index in [4.69, 9.17) is 10.00 Å². The largest absolute Gasteiger partial charge is 0.494 e. The summed E-state index contributed by atoms with van der Waals surface area (Å²) in [5.41, 5.74) is 0.638. The minimum Gasteiger partial charge on any atom is -0.494 e. The van der Waals surface area contributed by atoms with Crippen molar-refractivity contribution in [1.82, 2.24) is 9.80 Å². The van der Waals surface area contributed by atoms with Crippen LogP contribution in [0.25, 0.3) is 0 Å². The van der Waals surface area contributed by atoms with Gasteiger partial charge in [-0.2, -0.15) is 5.26 Å². The molecule has 0 aromatic heterocycles. The average molecular weight is 383 g/mol. The number of carbonyl (C=O) groups is 2. The Bertz CT molecular complexity index is 749. The van der Waals surface area contributed by atoms with Crippen LogP contribution in [0.1, 0.15) is 50.4 Å². The Kier molecular flexibility index (Phi) is 6.23. The number of benzene rings is 1. The molecule has 0 N–H and O–H groups in total. The highest BCUT2D eigenvalue weighted by atomic mass is 16.5. The van der Waals surface area contributed by atoms with Crippen molar-refractivity contribution < 1.29 is 14.3 Å². The van der Waals surface area contributed by atoms with E-state index in [1.165, 1.54) is 0 Å². The quantitative estimate of drug-likeness (QED) is 0.783. The Morgan fingerprint density at radius 3 is 2.32 bits per heavy atom. The van der Waals surface area contributed by atoms with Crippen LogP contribution in [0.4, 0.5) is 0 Å². The van der Waals surface area contributed by atoms with E-state index in [1.807, 2.05) is 35.8 Å². The van der Waals surface area contributed by atoms with E-state index in [9.17, 15) is 9.59 Å². The van der Waals surface area contributed by atoms with Gasteiger partial charge in [0.15, 0.2) is 0 Å². The zero-order chi connectivity index (χ0) is 20.3. The molecule has 2 unspecified atom stereocenters. The molecule has 150 valence electrons. The van der Waals surface area contributed by atoms with Crippen molar-refractivity contribution in [2.75, 3.05) is 19.7 Å². The summed E-state index contributed by atoms with van der Waals surface area (Å²) in [5.74, 6) is 0.884. The Balaban J connectivity index is 1.61. The molecule has 1 saturated heterocycles. The molecule has 6 nitrogen and oxygen atoms in total. The van der Waals surface area contributed by atoms with Gasteiger partial charge in [-0.05, 0) is 57.4 Å². The highest BCUT2D eigenvalue weighted by Crippen LogP contribution is 2.35. The van der Waals surface area contributed by atoms with E-state index in [2.05, 4.69) is 13.0 Å². The molecule has 0 bridgehead atoms. The fourth-order valence-corrected chi connectivity index (χ4v) is 3.98. The van der Waals surface area contributed by atoms with Crippen molar-refractivity contribution in [2.24, 2.45) is 11.8 Å². The molecule has 1 saturated carbocycles. The minimum atomic E-state index is -0.0620. The molecule has 28 heavy (non-hydrogen) atoms. The standard InChI is InChI=1S/C22H29N3O3/c1-4-11-28-20-7-5-18(6-8-20)21(26)24-9-10-25(16(3)15(24)2)22(27)19-12-17(13-19)14-23/h5-8,15-17,19H,4,9-13H2,1-3H3. The number of amides is 2. The third-order valence-corrected chi connectivity index (χ3v) is 6.05. The van der Waals surface area contributed by atoms with Gasteiger partial charge < -0.3 is 14.5 Å². The summed E-state index contributed by atoms with van der Waals surface area (Å²) in [6.07, 6.45) is 2.28. The first-order valence-corrected chi connectivity index (χ1v) is 10.2. The topological polar surface area (TPSA) is 73.6 Å². The van der Waals surface area contributed by atoms with Crippen molar-refractivity contribution in [1.29, 1.82) is 5.26 Å². The lowest BCUT2D eigenvalue weighted by Crippen LogP contribution is -2.61.